The van der Waals surface area contributed by atoms with Gasteiger partial charge in [-0.05, 0) is 103 Å². The van der Waals surface area contributed by atoms with Crippen LogP contribution in [0.1, 0.15) is 72.5 Å². The van der Waals surface area contributed by atoms with Crippen molar-refractivity contribution in [2.75, 3.05) is 20.3 Å². The molecule has 2 fully saturated rings. The molecule has 21 heteroatoms. The Labute approximate surface area is 474 Å². The first-order valence-corrected chi connectivity index (χ1v) is 25.8. The predicted octanol–water partition coefficient (Wildman–Crippen LogP) is 8.98. The number of nitrogens with zero attached hydrogens (tertiary/aromatic N) is 3. The zero-order valence-corrected chi connectivity index (χ0v) is 44.0. The van der Waals surface area contributed by atoms with Crippen LogP contribution >= 0.6 is 0 Å². The molecule has 7 aromatic carbocycles. The van der Waals surface area contributed by atoms with Gasteiger partial charge in [0.05, 0.1) is 52.6 Å². The molecule has 0 bridgehead atoms. The lowest BCUT2D eigenvalue weighted by Gasteiger charge is -2.48. The molecule has 7 aromatic rings. The summed E-state index contributed by atoms with van der Waals surface area (Å²) in [6, 6.07) is 51.9. The number of carbonyl (C=O) groups is 7. The molecule has 0 amide bonds. The lowest BCUT2D eigenvalue weighted by atomic mass is 9.95. The minimum Gasteiger partial charge on any atom is -0.465 e. The molecule has 2 aliphatic rings. The van der Waals surface area contributed by atoms with Crippen LogP contribution in [-0.4, -0.2) is 123 Å². The van der Waals surface area contributed by atoms with Crippen LogP contribution in [0, 0.1) is 0 Å². The quantitative estimate of drug-likeness (QED) is 0.0226. The van der Waals surface area contributed by atoms with Crippen LogP contribution in [0.25, 0.3) is 10.4 Å². The summed E-state index contributed by atoms with van der Waals surface area (Å²) in [5, 5.41) is 3.75. The van der Waals surface area contributed by atoms with Crippen molar-refractivity contribution in [2.24, 2.45) is 5.11 Å². The molecule has 83 heavy (non-hydrogen) atoms. The number of hydrogen-bond donors (Lipinski definition) is 0. The summed E-state index contributed by atoms with van der Waals surface area (Å²) in [7, 11) is 1.21. The molecule has 9 rings (SSSR count). The van der Waals surface area contributed by atoms with Crippen molar-refractivity contribution in [1.29, 1.82) is 0 Å². The molecular weight excluding hydrogens is 1070 g/mol. The molecule has 10 atom stereocenters. The molecule has 0 spiro atoms. The number of rotatable bonds is 20. The van der Waals surface area contributed by atoms with Crippen molar-refractivity contribution in [1.82, 2.24) is 0 Å². The largest absolute Gasteiger partial charge is 0.465 e. The molecule has 2 aliphatic heterocycles. The second kappa shape index (κ2) is 27.8. The maximum Gasteiger partial charge on any atom is 0.338 e. The molecule has 422 valence electrons. The molecule has 2 saturated heterocycles. The maximum absolute atomic E-state index is 14.6. The van der Waals surface area contributed by atoms with Crippen LogP contribution in [-0.2, 0) is 47.4 Å². The summed E-state index contributed by atoms with van der Waals surface area (Å²) < 4.78 is 68.8. The third-order valence-corrected chi connectivity index (χ3v) is 13.0. The summed E-state index contributed by atoms with van der Waals surface area (Å²) in [6.45, 7) is -1.39. The van der Waals surface area contributed by atoms with E-state index < -0.39 is 116 Å². The second-order valence-corrected chi connectivity index (χ2v) is 18.4. The van der Waals surface area contributed by atoms with E-state index in [-0.39, 0.29) is 44.7 Å². The Kier molecular flexibility index (Phi) is 19.3. The van der Waals surface area contributed by atoms with Crippen LogP contribution in [0.15, 0.2) is 211 Å². The van der Waals surface area contributed by atoms with Gasteiger partial charge in [0.25, 0.3) is 0 Å². The van der Waals surface area contributed by atoms with Crippen molar-refractivity contribution in [2.45, 2.75) is 61.4 Å². The number of benzene rings is 7. The Hall–Kier alpha value is -10.2. The molecule has 0 N–H and O–H groups in total. The monoisotopic (exact) mass is 1130 g/mol. The number of methoxy groups -OCH3 is 1. The summed E-state index contributed by atoms with van der Waals surface area (Å²) in [6.07, 6.45) is -18.4. The fourth-order valence-corrected chi connectivity index (χ4v) is 8.91. The van der Waals surface area contributed by atoms with Gasteiger partial charge in [-0.2, -0.15) is 0 Å². The van der Waals surface area contributed by atoms with Crippen molar-refractivity contribution in [3.63, 3.8) is 0 Å². The Morgan fingerprint density at radius 2 is 0.735 bits per heavy atom. The van der Waals surface area contributed by atoms with Gasteiger partial charge in [0, 0.05) is 4.91 Å². The van der Waals surface area contributed by atoms with Gasteiger partial charge in [-0.25, -0.2) is 33.6 Å². The van der Waals surface area contributed by atoms with Crippen molar-refractivity contribution in [3.05, 3.63) is 256 Å². The molecule has 0 saturated carbocycles. The second-order valence-electron chi connectivity index (χ2n) is 18.4. The van der Waals surface area contributed by atoms with Gasteiger partial charge < -0.3 is 52.1 Å². The van der Waals surface area contributed by atoms with Crippen molar-refractivity contribution in [3.8, 4) is 5.75 Å². The van der Waals surface area contributed by atoms with Gasteiger partial charge in [-0.15, -0.1) is 0 Å². The maximum atomic E-state index is 14.6. The zero-order chi connectivity index (χ0) is 58.1. The molecule has 0 unspecified atom stereocenters. The average Bonchev–Trinajstić information content (AvgIpc) is 3.60. The summed E-state index contributed by atoms with van der Waals surface area (Å²) in [4.78, 5) is 101. The minimum atomic E-state index is -2.06. The summed E-state index contributed by atoms with van der Waals surface area (Å²) in [5.41, 5.74) is 10.1. The van der Waals surface area contributed by atoms with E-state index in [0.29, 0.717) is 0 Å². The topological polar surface area (TPSA) is 270 Å². The number of azide groups is 1. The van der Waals surface area contributed by atoms with E-state index in [0.717, 1.165) is 0 Å². The smallest absolute Gasteiger partial charge is 0.338 e. The Morgan fingerprint density at radius 1 is 0.398 bits per heavy atom. The van der Waals surface area contributed by atoms with Gasteiger partial charge in [0.2, 0.25) is 12.4 Å². The highest BCUT2D eigenvalue weighted by atomic mass is 16.8. The number of hydrogen-bond acceptors (Lipinski definition) is 19. The van der Waals surface area contributed by atoms with Crippen LogP contribution < -0.4 is 4.74 Å². The molecule has 2 heterocycles. The fraction of sp³-hybridized carbons (Fsp3) is 0.210. The zero-order valence-electron chi connectivity index (χ0n) is 44.0. The molecule has 0 aromatic heterocycles. The first-order chi connectivity index (χ1) is 40.5. The molecule has 21 nitrogen and oxygen atoms in total. The van der Waals surface area contributed by atoms with E-state index in [1.165, 1.54) is 104 Å². The highest BCUT2D eigenvalue weighted by Crippen LogP contribution is 2.38. The third-order valence-electron chi connectivity index (χ3n) is 13.0. The Morgan fingerprint density at radius 3 is 1.13 bits per heavy atom. The number of esters is 7. The lowest BCUT2D eigenvalue weighted by Crippen LogP contribution is -2.67. The lowest BCUT2D eigenvalue weighted by molar-refractivity contribution is -0.346. The number of ether oxygens (including phenoxy) is 11. The van der Waals surface area contributed by atoms with Crippen LogP contribution in [0.4, 0.5) is 0 Å². The van der Waals surface area contributed by atoms with E-state index in [1.807, 2.05) is 0 Å². The average molecular weight is 1130 g/mol. The van der Waals surface area contributed by atoms with Crippen LogP contribution in [0.5, 0.6) is 5.75 Å². The van der Waals surface area contributed by atoms with E-state index in [4.69, 9.17) is 52.1 Å². The molecule has 0 radical (unpaired) electrons. The van der Waals surface area contributed by atoms with E-state index in [1.54, 1.807) is 109 Å². The van der Waals surface area contributed by atoms with Crippen molar-refractivity contribution >= 4 is 41.8 Å². The highest BCUT2D eigenvalue weighted by Gasteiger charge is 2.58. The van der Waals surface area contributed by atoms with Crippen molar-refractivity contribution < 1.29 is 85.7 Å². The number of carbonyl (C=O) groups excluding carboxylic acids is 7. The SMILES string of the molecule is COC(=O)c1ccc(O[C@@H]2O[C@H](COC(=O)c3ccccc3)[C@@H](O[C@@H]3O[C@H](CN=[N+]=[N-])[C@H](OC(=O)c4ccccc4)[C@H](OC(=O)c4ccccc4)[C@H]3OC(=O)c3ccccc3)[C@H](OC(=O)c3ccccc3)[C@H]2OC(=O)c2ccccc2)cc1. The van der Waals surface area contributed by atoms with E-state index >= 15 is 0 Å². The fourth-order valence-electron chi connectivity index (χ4n) is 8.91. The first kappa shape index (κ1) is 57.5. The van der Waals surface area contributed by atoms with E-state index in [9.17, 15) is 39.1 Å². The van der Waals surface area contributed by atoms with Gasteiger partial charge in [-0.1, -0.05) is 114 Å². The van der Waals surface area contributed by atoms with Gasteiger partial charge in [0.15, 0.2) is 30.7 Å². The summed E-state index contributed by atoms with van der Waals surface area (Å²) in [5.74, 6) is -6.46. The minimum absolute atomic E-state index is 0.00257. The first-order valence-electron chi connectivity index (χ1n) is 25.8. The third kappa shape index (κ3) is 14.6. The van der Waals surface area contributed by atoms with Gasteiger partial charge in [0.1, 0.15) is 30.7 Å². The van der Waals surface area contributed by atoms with Gasteiger partial charge >= 0.3 is 41.8 Å². The molecule has 0 aliphatic carbocycles. The highest BCUT2D eigenvalue weighted by molar-refractivity contribution is 5.93. The predicted molar refractivity (Wildman–Crippen MR) is 290 cm³/mol. The normalized spacial score (nSPS) is 21.7. The van der Waals surface area contributed by atoms with Crippen LogP contribution in [0.2, 0.25) is 0 Å². The summed E-state index contributed by atoms with van der Waals surface area (Å²) >= 11 is 0. The molecular formula is C62H51N3O18. The standard InChI is InChI=1S/C62H51N3O18/c1-73-54(66)44-32-34-45(35-33-44)75-61-52(81-59(71)42-28-16-6-17-29-42)51(80-58(70)41-26-14-5-15-27-41)49(47(77-61)37-74-55(67)38-20-8-2-9-21-38)83-62-53(82-60(72)43-30-18-7-19-31-43)50(79-57(69)40-24-12-4-13-25-40)48(46(76-62)36-64-65-63)78-56(68)39-22-10-3-11-23-39/h2-35,46-53,61-62H,36-37H2,1H3/t46-,47-,48+,49-,50+,51+,52-,53-,61-,62+/m1/s1. The Balaban J connectivity index is 1.21. The Bertz CT molecular complexity index is 3390. The van der Waals surface area contributed by atoms with Gasteiger partial charge in [-0.3, -0.25) is 0 Å². The van der Waals surface area contributed by atoms with Crippen LogP contribution in [0.3, 0.4) is 0 Å². The van der Waals surface area contributed by atoms with E-state index in [2.05, 4.69) is 10.0 Å².